The van der Waals surface area contributed by atoms with Crippen LogP contribution in [0.15, 0.2) is 48.5 Å². The topological polar surface area (TPSA) is 38.5 Å². The van der Waals surface area contributed by atoms with Gasteiger partial charge in [0.25, 0.3) is 0 Å². The maximum atomic E-state index is 6.03. The third kappa shape index (κ3) is 4.01. The highest BCUT2D eigenvalue weighted by Gasteiger charge is 2.15. The lowest BCUT2D eigenvalue weighted by atomic mass is 9.91. The molecule has 0 aromatic heterocycles. The van der Waals surface area contributed by atoms with E-state index in [-0.39, 0.29) is 5.92 Å². The summed E-state index contributed by atoms with van der Waals surface area (Å²) in [5.74, 6) is 1.22. The zero-order chi connectivity index (χ0) is 15.9. The second-order valence-corrected chi connectivity index (χ2v) is 5.67. The van der Waals surface area contributed by atoms with Crippen molar-refractivity contribution < 1.29 is 4.74 Å². The molecule has 0 aliphatic rings. The number of rotatable bonds is 7. The van der Waals surface area contributed by atoms with E-state index in [0.29, 0.717) is 13.2 Å². The van der Waals surface area contributed by atoms with Crippen LogP contribution in [0.4, 0.5) is 5.69 Å². The maximum Gasteiger partial charge on any atom is 0.122 e. The average Bonchev–Trinajstić information content (AvgIpc) is 2.54. The van der Waals surface area contributed by atoms with Gasteiger partial charge in [0.15, 0.2) is 0 Å². The zero-order valence-corrected chi connectivity index (χ0v) is 13.8. The Morgan fingerprint density at radius 2 is 1.73 bits per heavy atom. The third-order valence-electron chi connectivity index (χ3n) is 3.88. The molecule has 0 amide bonds. The highest BCUT2D eigenvalue weighted by atomic mass is 16.5. The molecule has 118 valence electrons. The van der Waals surface area contributed by atoms with Crippen LogP contribution in [-0.4, -0.2) is 27.2 Å². The van der Waals surface area contributed by atoms with Gasteiger partial charge >= 0.3 is 0 Å². The zero-order valence-electron chi connectivity index (χ0n) is 13.8. The fourth-order valence-electron chi connectivity index (χ4n) is 2.64. The largest absolute Gasteiger partial charge is 0.494 e. The normalized spacial score (nSPS) is 12.0. The van der Waals surface area contributed by atoms with Gasteiger partial charge in [0.05, 0.1) is 6.61 Å². The molecule has 0 fully saturated rings. The van der Waals surface area contributed by atoms with Crippen molar-refractivity contribution in [3.63, 3.8) is 0 Å². The van der Waals surface area contributed by atoms with Crippen molar-refractivity contribution in [1.82, 2.24) is 0 Å². The molecule has 2 aromatic carbocycles. The third-order valence-corrected chi connectivity index (χ3v) is 3.88. The molecule has 1 unspecified atom stereocenters. The highest BCUT2D eigenvalue weighted by molar-refractivity contribution is 5.46. The molecule has 0 radical (unpaired) electrons. The molecular weight excluding hydrogens is 272 g/mol. The Morgan fingerprint density at radius 3 is 2.32 bits per heavy atom. The second-order valence-electron chi connectivity index (χ2n) is 5.67. The van der Waals surface area contributed by atoms with Crippen LogP contribution in [-0.2, 0) is 6.42 Å². The number of nitrogens with two attached hydrogens (primary N) is 1. The lowest BCUT2D eigenvalue weighted by molar-refractivity contribution is 0.334. The Bertz CT molecular complexity index is 578. The molecule has 0 bridgehead atoms. The van der Waals surface area contributed by atoms with Crippen molar-refractivity contribution >= 4 is 5.69 Å². The van der Waals surface area contributed by atoms with Gasteiger partial charge in [-0.1, -0.05) is 30.3 Å². The van der Waals surface area contributed by atoms with Gasteiger partial charge in [-0.2, -0.15) is 0 Å². The van der Waals surface area contributed by atoms with Crippen LogP contribution in [0.1, 0.15) is 24.0 Å². The first kappa shape index (κ1) is 16.4. The van der Waals surface area contributed by atoms with Crippen LogP contribution in [0, 0.1) is 0 Å². The van der Waals surface area contributed by atoms with Crippen LogP contribution in [0.25, 0.3) is 0 Å². The van der Waals surface area contributed by atoms with Crippen molar-refractivity contribution in [2.75, 3.05) is 32.1 Å². The summed E-state index contributed by atoms with van der Waals surface area (Å²) in [6, 6.07) is 16.9. The summed E-state index contributed by atoms with van der Waals surface area (Å²) in [7, 11) is 4.10. The Hall–Kier alpha value is -2.00. The first-order valence-corrected chi connectivity index (χ1v) is 7.83. The predicted molar refractivity (Wildman–Crippen MR) is 93.9 cm³/mol. The minimum absolute atomic E-state index is 0.271. The van der Waals surface area contributed by atoms with E-state index in [9.17, 15) is 0 Å². The first-order valence-electron chi connectivity index (χ1n) is 7.83. The summed E-state index contributed by atoms with van der Waals surface area (Å²) in [5, 5.41) is 0. The Balaban J connectivity index is 2.18. The van der Waals surface area contributed by atoms with Crippen molar-refractivity contribution in [1.29, 1.82) is 0 Å². The smallest absolute Gasteiger partial charge is 0.122 e. The van der Waals surface area contributed by atoms with Gasteiger partial charge in [0, 0.05) is 25.7 Å². The van der Waals surface area contributed by atoms with Crippen LogP contribution < -0.4 is 15.4 Å². The van der Waals surface area contributed by atoms with E-state index < -0.39 is 0 Å². The van der Waals surface area contributed by atoms with Crippen molar-refractivity contribution in [3.05, 3.63) is 59.7 Å². The van der Waals surface area contributed by atoms with Gasteiger partial charge in [0.2, 0.25) is 0 Å². The number of nitrogens with zero attached hydrogens (tertiary/aromatic N) is 1. The maximum absolute atomic E-state index is 6.03. The molecular formula is C19H26N2O. The molecule has 0 heterocycles. The first-order chi connectivity index (χ1) is 10.7. The van der Waals surface area contributed by atoms with E-state index in [1.807, 2.05) is 19.1 Å². The number of anilines is 1. The standard InChI is InChI=1S/C19H26N2O/c1-4-22-19-8-6-5-7-18(19)16(14-20)13-15-9-11-17(12-10-15)21(2)3/h5-12,16H,4,13-14,20H2,1-3H3. The van der Waals surface area contributed by atoms with E-state index in [4.69, 9.17) is 10.5 Å². The molecule has 0 spiro atoms. The molecule has 3 nitrogen and oxygen atoms in total. The molecule has 22 heavy (non-hydrogen) atoms. The Kier molecular flexibility index (Phi) is 5.84. The molecule has 2 N–H and O–H groups in total. The molecule has 1 atom stereocenters. The lowest BCUT2D eigenvalue weighted by Crippen LogP contribution is -2.16. The van der Waals surface area contributed by atoms with Crippen LogP contribution in [0.2, 0.25) is 0 Å². The molecule has 0 aliphatic carbocycles. The van der Waals surface area contributed by atoms with E-state index in [1.165, 1.54) is 16.8 Å². The fourth-order valence-corrected chi connectivity index (χ4v) is 2.64. The summed E-state index contributed by atoms with van der Waals surface area (Å²) in [5.41, 5.74) is 9.74. The Labute approximate surface area is 133 Å². The fraction of sp³-hybridized carbons (Fsp3) is 0.368. The minimum Gasteiger partial charge on any atom is -0.494 e. The number of ether oxygens (including phenoxy) is 1. The van der Waals surface area contributed by atoms with E-state index in [0.717, 1.165) is 12.2 Å². The summed E-state index contributed by atoms with van der Waals surface area (Å²) in [4.78, 5) is 2.11. The van der Waals surface area contributed by atoms with Crippen molar-refractivity contribution in [3.8, 4) is 5.75 Å². The summed E-state index contributed by atoms with van der Waals surface area (Å²) in [6.45, 7) is 3.29. The van der Waals surface area contributed by atoms with E-state index in [1.54, 1.807) is 0 Å². The second kappa shape index (κ2) is 7.85. The van der Waals surface area contributed by atoms with Crippen LogP contribution in [0.3, 0.4) is 0 Å². The van der Waals surface area contributed by atoms with Gasteiger partial charge in [-0.15, -0.1) is 0 Å². The number of hydrogen-bond acceptors (Lipinski definition) is 3. The highest BCUT2D eigenvalue weighted by Crippen LogP contribution is 2.29. The van der Waals surface area contributed by atoms with Gasteiger partial charge in [-0.3, -0.25) is 0 Å². The number of para-hydroxylation sites is 1. The predicted octanol–water partition coefficient (Wildman–Crippen LogP) is 3.44. The quantitative estimate of drug-likeness (QED) is 0.851. The van der Waals surface area contributed by atoms with Crippen LogP contribution in [0.5, 0.6) is 5.75 Å². The van der Waals surface area contributed by atoms with E-state index >= 15 is 0 Å². The summed E-state index contributed by atoms with van der Waals surface area (Å²) < 4.78 is 5.75. The van der Waals surface area contributed by atoms with Crippen molar-refractivity contribution in [2.24, 2.45) is 5.73 Å². The van der Waals surface area contributed by atoms with Gasteiger partial charge in [-0.05, 0) is 49.2 Å². The van der Waals surface area contributed by atoms with Crippen molar-refractivity contribution in [2.45, 2.75) is 19.3 Å². The van der Waals surface area contributed by atoms with E-state index in [2.05, 4.69) is 55.4 Å². The van der Waals surface area contributed by atoms with Gasteiger partial charge in [0.1, 0.15) is 5.75 Å². The average molecular weight is 298 g/mol. The van der Waals surface area contributed by atoms with Crippen LogP contribution >= 0.6 is 0 Å². The minimum atomic E-state index is 0.271. The molecule has 0 aliphatic heterocycles. The molecule has 0 saturated heterocycles. The van der Waals surface area contributed by atoms with Gasteiger partial charge < -0.3 is 15.4 Å². The molecule has 0 saturated carbocycles. The van der Waals surface area contributed by atoms with Gasteiger partial charge in [-0.25, -0.2) is 0 Å². The summed E-state index contributed by atoms with van der Waals surface area (Å²) >= 11 is 0. The molecule has 3 heteroatoms. The number of benzene rings is 2. The molecule has 2 rings (SSSR count). The number of hydrogen-bond donors (Lipinski definition) is 1. The SMILES string of the molecule is CCOc1ccccc1C(CN)Cc1ccc(N(C)C)cc1. The monoisotopic (exact) mass is 298 g/mol. The summed E-state index contributed by atoms with van der Waals surface area (Å²) in [6.07, 6.45) is 0.925. The lowest BCUT2D eigenvalue weighted by Gasteiger charge is -2.19. The Morgan fingerprint density at radius 1 is 1.05 bits per heavy atom. The molecule has 2 aromatic rings.